The van der Waals surface area contributed by atoms with Crippen LogP contribution >= 0.6 is 0 Å². The first-order valence-electron chi connectivity index (χ1n) is 6.69. The lowest BCUT2D eigenvalue weighted by Crippen LogP contribution is -2.55. The molecule has 2 rings (SSSR count). The van der Waals surface area contributed by atoms with Crippen LogP contribution in [-0.4, -0.2) is 43.3 Å². The predicted octanol–water partition coefficient (Wildman–Crippen LogP) is 1.61. The molecule has 0 spiro atoms. The van der Waals surface area contributed by atoms with E-state index in [9.17, 15) is 0 Å². The molecule has 1 heterocycles. The van der Waals surface area contributed by atoms with Gasteiger partial charge in [0.15, 0.2) is 0 Å². The van der Waals surface area contributed by atoms with Crippen molar-refractivity contribution in [2.24, 2.45) is 11.1 Å². The van der Waals surface area contributed by atoms with E-state index >= 15 is 0 Å². The maximum absolute atomic E-state index is 5.71. The minimum Gasteiger partial charge on any atom is -0.374 e. The Morgan fingerprint density at radius 3 is 2.88 bits per heavy atom. The third-order valence-electron chi connectivity index (χ3n) is 4.32. The lowest BCUT2D eigenvalue weighted by molar-refractivity contribution is -0.0671. The van der Waals surface area contributed by atoms with Crippen LogP contribution in [0.3, 0.4) is 0 Å². The smallest absolute Gasteiger partial charge is 0.0824 e. The number of rotatable bonds is 2. The van der Waals surface area contributed by atoms with Gasteiger partial charge < -0.3 is 10.5 Å². The molecule has 1 saturated carbocycles. The molecular weight excluding hydrogens is 200 g/mol. The maximum Gasteiger partial charge on any atom is 0.0824 e. The van der Waals surface area contributed by atoms with E-state index in [-0.39, 0.29) is 6.10 Å². The largest absolute Gasteiger partial charge is 0.374 e. The fourth-order valence-corrected chi connectivity index (χ4v) is 3.32. The quantitative estimate of drug-likeness (QED) is 0.777. The van der Waals surface area contributed by atoms with Crippen LogP contribution in [0, 0.1) is 5.41 Å². The molecule has 1 saturated heterocycles. The summed E-state index contributed by atoms with van der Waals surface area (Å²) < 4.78 is 5.65. The summed E-state index contributed by atoms with van der Waals surface area (Å²) in [5.74, 6) is 0. The Labute approximate surface area is 99.3 Å². The fourth-order valence-electron chi connectivity index (χ4n) is 3.32. The molecule has 2 unspecified atom stereocenters. The fraction of sp³-hybridized carbons (Fsp3) is 1.00. The van der Waals surface area contributed by atoms with Crippen LogP contribution in [0.5, 0.6) is 0 Å². The Hall–Kier alpha value is -0.120. The van der Waals surface area contributed by atoms with Crippen LogP contribution in [0.4, 0.5) is 0 Å². The summed E-state index contributed by atoms with van der Waals surface area (Å²) in [6.07, 6.45) is 5.76. The normalized spacial score (nSPS) is 36.2. The van der Waals surface area contributed by atoms with Crippen LogP contribution in [0.15, 0.2) is 0 Å². The Balaban J connectivity index is 1.99. The number of hydrogen-bond acceptors (Lipinski definition) is 3. The summed E-state index contributed by atoms with van der Waals surface area (Å²) in [6.45, 7) is 8.47. The molecule has 0 aromatic heterocycles. The van der Waals surface area contributed by atoms with Crippen LogP contribution < -0.4 is 5.73 Å². The van der Waals surface area contributed by atoms with Gasteiger partial charge in [-0.2, -0.15) is 0 Å². The van der Waals surface area contributed by atoms with E-state index < -0.39 is 0 Å². The Morgan fingerprint density at radius 2 is 2.19 bits per heavy atom. The summed E-state index contributed by atoms with van der Waals surface area (Å²) in [5.41, 5.74) is 6.18. The molecule has 2 aliphatic rings. The zero-order valence-corrected chi connectivity index (χ0v) is 10.7. The van der Waals surface area contributed by atoms with Gasteiger partial charge in [0.25, 0.3) is 0 Å². The van der Waals surface area contributed by atoms with Crippen LogP contribution in [0.1, 0.15) is 39.5 Å². The first kappa shape index (κ1) is 12.3. The first-order chi connectivity index (χ1) is 7.63. The minimum absolute atomic E-state index is 0.256. The molecule has 3 nitrogen and oxygen atoms in total. The standard InChI is InChI=1S/C13H26N2O/c1-13(2)6-4-3-5-12(13)15-7-8-16-11(9-14)10-15/h11-12H,3-10,14H2,1-2H3. The van der Waals surface area contributed by atoms with Gasteiger partial charge in [0.05, 0.1) is 12.7 Å². The average molecular weight is 226 g/mol. The van der Waals surface area contributed by atoms with E-state index in [0.29, 0.717) is 12.0 Å². The molecule has 0 radical (unpaired) electrons. The molecule has 16 heavy (non-hydrogen) atoms. The van der Waals surface area contributed by atoms with Crippen molar-refractivity contribution in [1.82, 2.24) is 4.90 Å². The van der Waals surface area contributed by atoms with E-state index in [1.54, 1.807) is 0 Å². The van der Waals surface area contributed by atoms with E-state index in [4.69, 9.17) is 10.5 Å². The SMILES string of the molecule is CC1(C)CCCCC1N1CCOC(CN)C1. The second-order valence-electron chi connectivity index (χ2n) is 5.97. The van der Waals surface area contributed by atoms with Gasteiger partial charge in [-0.05, 0) is 18.3 Å². The van der Waals surface area contributed by atoms with Gasteiger partial charge in [-0.1, -0.05) is 26.7 Å². The summed E-state index contributed by atoms with van der Waals surface area (Å²) >= 11 is 0. The molecule has 0 bridgehead atoms. The number of morpholine rings is 1. The van der Waals surface area contributed by atoms with Gasteiger partial charge in [-0.3, -0.25) is 4.90 Å². The van der Waals surface area contributed by atoms with Gasteiger partial charge in [0.2, 0.25) is 0 Å². The van der Waals surface area contributed by atoms with Crippen molar-refractivity contribution in [3.8, 4) is 0 Å². The van der Waals surface area contributed by atoms with Crippen LogP contribution in [0.2, 0.25) is 0 Å². The highest BCUT2D eigenvalue weighted by molar-refractivity contribution is 4.91. The van der Waals surface area contributed by atoms with Crippen molar-refractivity contribution in [3.05, 3.63) is 0 Å². The summed E-state index contributed by atoms with van der Waals surface area (Å²) in [4.78, 5) is 2.63. The van der Waals surface area contributed by atoms with E-state index in [1.807, 2.05) is 0 Å². The van der Waals surface area contributed by atoms with Crippen molar-refractivity contribution in [3.63, 3.8) is 0 Å². The van der Waals surface area contributed by atoms with Crippen molar-refractivity contribution in [2.45, 2.75) is 51.7 Å². The molecule has 0 aromatic carbocycles. The number of hydrogen-bond donors (Lipinski definition) is 1. The molecule has 2 atom stereocenters. The number of nitrogens with two attached hydrogens (primary N) is 1. The first-order valence-corrected chi connectivity index (χ1v) is 6.69. The maximum atomic E-state index is 5.71. The molecule has 3 heteroatoms. The van der Waals surface area contributed by atoms with Crippen LogP contribution in [0.25, 0.3) is 0 Å². The highest BCUT2D eigenvalue weighted by Crippen LogP contribution is 2.39. The Kier molecular flexibility index (Phi) is 3.88. The predicted molar refractivity (Wildman–Crippen MR) is 66.4 cm³/mol. The Bertz CT molecular complexity index is 230. The molecular formula is C13H26N2O. The molecule has 0 amide bonds. The topological polar surface area (TPSA) is 38.5 Å². The van der Waals surface area contributed by atoms with Gasteiger partial charge >= 0.3 is 0 Å². The summed E-state index contributed by atoms with van der Waals surface area (Å²) in [6, 6.07) is 0.735. The van der Waals surface area contributed by atoms with Gasteiger partial charge in [-0.15, -0.1) is 0 Å². The second kappa shape index (κ2) is 5.03. The number of nitrogens with zero attached hydrogens (tertiary/aromatic N) is 1. The van der Waals surface area contributed by atoms with Crippen molar-refractivity contribution in [2.75, 3.05) is 26.2 Å². The van der Waals surface area contributed by atoms with Crippen molar-refractivity contribution >= 4 is 0 Å². The van der Waals surface area contributed by atoms with Crippen molar-refractivity contribution < 1.29 is 4.74 Å². The lowest BCUT2D eigenvalue weighted by atomic mass is 9.72. The third kappa shape index (κ3) is 2.58. The monoisotopic (exact) mass is 226 g/mol. The average Bonchev–Trinajstić information content (AvgIpc) is 2.28. The molecule has 2 N–H and O–H groups in total. The van der Waals surface area contributed by atoms with Gasteiger partial charge in [-0.25, -0.2) is 0 Å². The minimum atomic E-state index is 0.256. The highest BCUT2D eigenvalue weighted by Gasteiger charge is 2.37. The molecule has 1 aliphatic heterocycles. The van der Waals surface area contributed by atoms with E-state index in [0.717, 1.165) is 25.7 Å². The molecule has 1 aliphatic carbocycles. The summed E-state index contributed by atoms with van der Waals surface area (Å²) in [5, 5.41) is 0. The van der Waals surface area contributed by atoms with Crippen LogP contribution in [-0.2, 0) is 4.74 Å². The third-order valence-corrected chi connectivity index (χ3v) is 4.32. The number of ether oxygens (including phenoxy) is 1. The second-order valence-corrected chi connectivity index (χ2v) is 5.97. The van der Waals surface area contributed by atoms with E-state index in [2.05, 4.69) is 18.7 Å². The van der Waals surface area contributed by atoms with Crippen molar-refractivity contribution in [1.29, 1.82) is 0 Å². The zero-order valence-electron chi connectivity index (χ0n) is 10.7. The molecule has 2 fully saturated rings. The molecule has 0 aromatic rings. The Morgan fingerprint density at radius 1 is 1.38 bits per heavy atom. The van der Waals surface area contributed by atoms with E-state index in [1.165, 1.54) is 25.7 Å². The summed E-state index contributed by atoms with van der Waals surface area (Å²) in [7, 11) is 0. The van der Waals surface area contributed by atoms with Gasteiger partial charge in [0.1, 0.15) is 0 Å². The highest BCUT2D eigenvalue weighted by atomic mass is 16.5. The lowest BCUT2D eigenvalue weighted by Gasteiger charge is -2.48. The molecule has 94 valence electrons. The van der Waals surface area contributed by atoms with Gasteiger partial charge in [0, 0.05) is 25.7 Å². The zero-order chi connectivity index (χ0) is 11.6.